The van der Waals surface area contributed by atoms with Crippen LogP contribution in [-0.2, 0) is 12.8 Å². The van der Waals surface area contributed by atoms with Gasteiger partial charge in [0, 0.05) is 5.92 Å². The Balaban J connectivity index is 1.87. The molecule has 2 aromatic rings. The zero-order valence-electron chi connectivity index (χ0n) is 10.9. The van der Waals surface area contributed by atoms with E-state index in [1.807, 2.05) is 36.4 Å². The van der Waals surface area contributed by atoms with Crippen LogP contribution in [-0.4, -0.2) is 12.9 Å². The molecule has 1 aliphatic rings. The minimum Gasteiger partial charge on any atom is -0.496 e. The Morgan fingerprint density at radius 3 is 2.21 bits per heavy atom. The molecule has 2 aromatic carbocycles. The summed E-state index contributed by atoms with van der Waals surface area (Å²) < 4.78 is 5.28. The van der Waals surface area contributed by atoms with Crippen LogP contribution in [0.25, 0.3) is 0 Å². The van der Waals surface area contributed by atoms with Crippen molar-refractivity contribution in [3.05, 3.63) is 65.2 Å². The summed E-state index contributed by atoms with van der Waals surface area (Å²) >= 11 is 0. The van der Waals surface area contributed by atoms with Crippen LogP contribution in [0.5, 0.6) is 5.75 Å². The highest BCUT2D eigenvalue weighted by molar-refractivity contribution is 6.01. The van der Waals surface area contributed by atoms with E-state index in [1.54, 1.807) is 7.11 Å². The summed E-state index contributed by atoms with van der Waals surface area (Å²) in [6.45, 7) is 0. The molecule has 2 nitrogen and oxygen atoms in total. The van der Waals surface area contributed by atoms with Crippen LogP contribution in [0.3, 0.4) is 0 Å². The first-order chi connectivity index (χ1) is 9.29. The Morgan fingerprint density at radius 2 is 1.58 bits per heavy atom. The minimum absolute atomic E-state index is 0.0497. The fraction of sp³-hybridized carbons (Fsp3) is 0.235. The molecule has 0 unspecified atom stereocenters. The van der Waals surface area contributed by atoms with Gasteiger partial charge < -0.3 is 4.74 Å². The van der Waals surface area contributed by atoms with Gasteiger partial charge in [-0.3, -0.25) is 4.79 Å². The van der Waals surface area contributed by atoms with Crippen molar-refractivity contribution in [3.63, 3.8) is 0 Å². The molecule has 0 aliphatic heterocycles. The standard InChI is InChI=1S/C17H16O2/c1-19-16-9-5-4-8-15(16)17(18)14-10-12-6-2-3-7-13(12)11-14/h2-9,14H,10-11H2,1H3. The predicted molar refractivity (Wildman–Crippen MR) is 74.7 cm³/mol. The smallest absolute Gasteiger partial charge is 0.170 e. The largest absolute Gasteiger partial charge is 0.496 e. The molecule has 0 spiro atoms. The lowest BCUT2D eigenvalue weighted by atomic mass is 9.94. The van der Waals surface area contributed by atoms with Crippen molar-refractivity contribution >= 4 is 5.78 Å². The van der Waals surface area contributed by atoms with Crippen LogP contribution >= 0.6 is 0 Å². The maximum atomic E-state index is 12.6. The molecule has 2 heteroatoms. The molecule has 0 amide bonds. The summed E-state index contributed by atoms with van der Waals surface area (Å²) in [5.41, 5.74) is 3.30. The van der Waals surface area contributed by atoms with Crippen molar-refractivity contribution in [3.8, 4) is 5.75 Å². The first kappa shape index (κ1) is 12.0. The van der Waals surface area contributed by atoms with E-state index in [0.717, 1.165) is 12.8 Å². The Bertz CT molecular complexity index is 591. The second-order valence-corrected chi connectivity index (χ2v) is 4.94. The van der Waals surface area contributed by atoms with Gasteiger partial charge in [-0.2, -0.15) is 0 Å². The molecule has 0 radical (unpaired) electrons. The Kier molecular flexibility index (Phi) is 3.08. The molecule has 0 heterocycles. The van der Waals surface area contributed by atoms with Gasteiger partial charge in [0.1, 0.15) is 5.75 Å². The number of rotatable bonds is 3. The SMILES string of the molecule is COc1ccccc1C(=O)C1Cc2ccccc2C1. The van der Waals surface area contributed by atoms with Gasteiger partial charge in [-0.25, -0.2) is 0 Å². The lowest BCUT2D eigenvalue weighted by molar-refractivity contribution is 0.0921. The molecule has 0 atom stereocenters. The molecule has 3 rings (SSSR count). The first-order valence-corrected chi connectivity index (χ1v) is 6.53. The number of methoxy groups -OCH3 is 1. The molecule has 0 saturated carbocycles. The highest BCUT2D eigenvalue weighted by Gasteiger charge is 2.29. The highest BCUT2D eigenvalue weighted by Crippen LogP contribution is 2.31. The van der Waals surface area contributed by atoms with E-state index in [2.05, 4.69) is 12.1 Å². The molecule has 0 aromatic heterocycles. The zero-order valence-corrected chi connectivity index (χ0v) is 10.9. The van der Waals surface area contributed by atoms with Gasteiger partial charge in [-0.15, -0.1) is 0 Å². The molecule has 1 aliphatic carbocycles. The van der Waals surface area contributed by atoms with E-state index in [9.17, 15) is 4.79 Å². The van der Waals surface area contributed by atoms with E-state index < -0.39 is 0 Å². The summed E-state index contributed by atoms with van der Waals surface area (Å²) in [5.74, 6) is 0.908. The fourth-order valence-electron chi connectivity index (χ4n) is 2.81. The summed E-state index contributed by atoms with van der Waals surface area (Å²) in [5, 5.41) is 0. The molecule has 0 saturated heterocycles. The monoisotopic (exact) mass is 252 g/mol. The highest BCUT2D eigenvalue weighted by atomic mass is 16.5. The summed E-state index contributed by atoms with van der Waals surface area (Å²) in [6.07, 6.45) is 1.68. The van der Waals surface area contributed by atoms with Crippen LogP contribution in [0.2, 0.25) is 0 Å². The van der Waals surface area contributed by atoms with Crippen molar-refractivity contribution < 1.29 is 9.53 Å². The second-order valence-electron chi connectivity index (χ2n) is 4.94. The summed E-state index contributed by atoms with van der Waals surface area (Å²) in [6, 6.07) is 15.8. The number of Topliss-reactive ketones (excluding diaryl/α,β-unsaturated/α-hetero) is 1. The Labute approximate surface area is 113 Å². The van der Waals surface area contributed by atoms with Crippen LogP contribution < -0.4 is 4.74 Å². The quantitative estimate of drug-likeness (QED) is 0.783. The van der Waals surface area contributed by atoms with E-state index in [0.29, 0.717) is 11.3 Å². The van der Waals surface area contributed by atoms with Crippen molar-refractivity contribution in [2.75, 3.05) is 7.11 Å². The number of hydrogen-bond donors (Lipinski definition) is 0. The van der Waals surface area contributed by atoms with Crippen molar-refractivity contribution in [2.45, 2.75) is 12.8 Å². The van der Waals surface area contributed by atoms with Gasteiger partial charge in [0.2, 0.25) is 0 Å². The zero-order chi connectivity index (χ0) is 13.2. The van der Waals surface area contributed by atoms with Gasteiger partial charge >= 0.3 is 0 Å². The van der Waals surface area contributed by atoms with Crippen molar-refractivity contribution in [2.24, 2.45) is 5.92 Å². The topological polar surface area (TPSA) is 26.3 Å². The van der Waals surface area contributed by atoms with Gasteiger partial charge in [0.25, 0.3) is 0 Å². The Morgan fingerprint density at radius 1 is 1.00 bits per heavy atom. The van der Waals surface area contributed by atoms with Crippen LogP contribution in [0.15, 0.2) is 48.5 Å². The van der Waals surface area contributed by atoms with E-state index in [-0.39, 0.29) is 11.7 Å². The number of ether oxygens (including phenoxy) is 1. The van der Waals surface area contributed by atoms with E-state index >= 15 is 0 Å². The predicted octanol–water partition coefficient (Wildman–Crippen LogP) is 3.29. The molecule has 0 N–H and O–H groups in total. The summed E-state index contributed by atoms with van der Waals surface area (Å²) in [4.78, 5) is 12.6. The number of fused-ring (bicyclic) bond motifs is 1. The third kappa shape index (κ3) is 2.14. The fourth-order valence-corrected chi connectivity index (χ4v) is 2.81. The molecule has 19 heavy (non-hydrogen) atoms. The van der Waals surface area contributed by atoms with Crippen LogP contribution in [0, 0.1) is 5.92 Å². The maximum Gasteiger partial charge on any atom is 0.170 e. The third-order valence-electron chi connectivity index (χ3n) is 3.79. The number of ketones is 1. The van der Waals surface area contributed by atoms with Crippen molar-refractivity contribution in [1.29, 1.82) is 0 Å². The minimum atomic E-state index is 0.0497. The normalized spacial score (nSPS) is 14.2. The molecular formula is C17H16O2. The van der Waals surface area contributed by atoms with Gasteiger partial charge in [0.15, 0.2) is 5.78 Å². The molecule has 96 valence electrons. The van der Waals surface area contributed by atoms with Crippen LogP contribution in [0.1, 0.15) is 21.5 Å². The number of carbonyl (C=O) groups excluding carboxylic acids is 1. The average molecular weight is 252 g/mol. The van der Waals surface area contributed by atoms with E-state index in [4.69, 9.17) is 4.74 Å². The lowest BCUT2D eigenvalue weighted by Gasteiger charge is -2.11. The average Bonchev–Trinajstić information content (AvgIpc) is 2.90. The number of hydrogen-bond acceptors (Lipinski definition) is 2. The van der Waals surface area contributed by atoms with Gasteiger partial charge in [-0.1, -0.05) is 36.4 Å². The molecule has 0 fully saturated rings. The van der Waals surface area contributed by atoms with Crippen molar-refractivity contribution in [1.82, 2.24) is 0 Å². The van der Waals surface area contributed by atoms with Crippen LogP contribution in [0.4, 0.5) is 0 Å². The van der Waals surface area contributed by atoms with Gasteiger partial charge in [-0.05, 0) is 36.1 Å². The molecule has 0 bridgehead atoms. The third-order valence-corrected chi connectivity index (χ3v) is 3.79. The lowest BCUT2D eigenvalue weighted by Crippen LogP contribution is -2.15. The number of para-hydroxylation sites is 1. The summed E-state index contributed by atoms with van der Waals surface area (Å²) in [7, 11) is 1.61. The number of benzene rings is 2. The molecular weight excluding hydrogens is 236 g/mol. The number of carbonyl (C=O) groups is 1. The van der Waals surface area contributed by atoms with Gasteiger partial charge in [0.05, 0.1) is 12.7 Å². The Hall–Kier alpha value is -2.09. The second kappa shape index (κ2) is 4.88. The maximum absolute atomic E-state index is 12.6. The van der Waals surface area contributed by atoms with E-state index in [1.165, 1.54) is 11.1 Å². The first-order valence-electron chi connectivity index (χ1n) is 6.53.